The average Bonchev–Trinajstić information content (AvgIpc) is 3.35. The first kappa shape index (κ1) is 17.5. The highest BCUT2D eigenvalue weighted by molar-refractivity contribution is 5.90. The molecule has 1 saturated heterocycles. The summed E-state index contributed by atoms with van der Waals surface area (Å²) < 4.78 is 7.77. The van der Waals surface area contributed by atoms with Gasteiger partial charge in [-0.1, -0.05) is 6.07 Å². The number of imidazole rings is 1. The van der Waals surface area contributed by atoms with Gasteiger partial charge in [0, 0.05) is 24.5 Å². The Morgan fingerprint density at radius 3 is 2.93 bits per heavy atom. The summed E-state index contributed by atoms with van der Waals surface area (Å²) in [5.74, 6) is 1.45. The maximum absolute atomic E-state index is 12.1. The molecule has 3 heterocycles. The number of amides is 1. The van der Waals surface area contributed by atoms with E-state index in [0.29, 0.717) is 18.9 Å². The van der Waals surface area contributed by atoms with E-state index in [4.69, 9.17) is 4.74 Å². The Labute approximate surface area is 158 Å². The molecule has 2 N–H and O–H groups in total. The highest BCUT2D eigenvalue weighted by Gasteiger charge is 2.15. The van der Waals surface area contributed by atoms with Gasteiger partial charge in [0.2, 0.25) is 5.91 Å². The lowest BCUT2D eigenvalue weighted by Gasteiger charge is -2.09. The van der Waals surface area contributed by atoms with E-state index in [1.54, 1.807) is 0 Å². The highest BCUT2D eigenvalue weighted by atomic mass is 16.5. The number of pyridine rings is 1. The number of hydrogen-bond donors (Lipinski definition) is 2. The van der Waals surface area contributed by atoms with Crippen LogP contribution in [-0.4, -0.2) is 28.4 Å². The first-order valence-electron chi connectivity index (χ1n) is 9.42. The van der Waals surface area contributed by atoms with Crippen LogP contribution in [0.4, 0.5) is 5.69 Å². The van der Waals surface area contributed by atoms with E-state index in [1.807, 2.05) is 59.3 Å². The molecule has 1 aliphatic rings. The van der Waals surface area contributed by atoms with Crippen LogP contribution in [0.5, 0.6) is 5.75 Å². The van der Waals surface area contributed by atoms with Crippen molar-refractivity contribution in [3.63, 3.8) is 0 Å². The van der Waals surface area contributed by atoms with Crippen LogP contribution in [-0.2, 0) is 11.4 Å². The smallest absolute Gasteiger partial charge is 0.224 e. The number of hydrogen-bond acceptors (Lipinski definition) is 4. The minimum Gasteiger partial charge on any atom is -0.487 e. The molecular weight excluding hydrogens is 340 g/mol. The number of anilines is 1. The Morgan fingerprint density at radius 1 is 1.26 bits per heavy atom. The van der Waals surface area contributed by atoms with E-state index in [1.165, 1.54) is 6.42 Å². The predicted molar refractivity (Wildman–Crippen MR) is 105 cm³/mol. The van der Waals surface area contributed by atoms with Crippen molar-refractivity contribution in [2.24, 2.45) is 5.92 Å². The van der Waals surface area contributed by atoms with E-state index >= 15 is 0 Å². The van der Waals surface area contributed by atoms with Crippen molar-refractivity contribution >= 4 is 17.2 Å². The number of carbonyl (C=O) groups excluding carboxylic acids is 1. The Morgan fingerprint density at radius 2 is 2.15 bits per heavy atom. The van der Waals surface area contributed by atoms with E-state index in [9.17, 15) is 4.79 Å². The minimum atomic E-state index is 0.0697. The summed E-state index contributed by atoms with van der Waals surface area (Å²) in [6, 6.07) is 13.4. The lowest BCUT2D eigenvalue weighted by Crippen LogP contribution is -2.14. The van der Waals surface area contributed by atoms with Gasteiger partial charge in [-0.05, 0) is 68.2 Å². The lowest BCUT2D eigenvalue weighted by molar-refractivity contribution is -0.116. The van der Waals surface area contributed by atoms with Gasteiger partial charge in [0.1, 0.15) is 18.0 Å². The van der Waals surface area contributed by atoms with E-state index in [2.05, 4.69) is 15.6 Å². The van der Waals surface area contributed by atoms with Crippen molar-refractivity contribution in [3.05, 3.63) is 60.6 Å². The van der Waals surface area contributed by atoms with Crippen LogP contribution in [0.15, 0.2) is 54.9 Å². The number of nitrogens with zero attached hydrogens (tertiary/aromatic N) is 2. The molecule has 0 radical (unpaired) electrons. The van der Waals surface area contributed by atoms with Gasteiger partial charge < -0.3 is 19.8 Å². The summed E-state index contributed by atoms with van der Waals surface area (Å²) >= 11 is 0. The molecule has 2 aromatic heterocycles. The van der Waals surface area contributed by atoms with Gasteiger partial charge >= 0.3 is 0 Å². The number of ether oxygens (including phenoxy) is 1. The molecule has 4 rings (SSSR count). The summed E-state index contributed by atoms with van der Waals surface area (Å²) in [5, 5.41) is 6.29. The third-order valence-electron chi connectivity index (χ3n) is 4.88. The van der Waals surface area contributed by atoms with Crippen LogP contribution in [0.2, 0.25) is 0 Å². The minimum absolute atomic E-state index is 0.0697. The molecule has 1 fully saturated rings. The fraction of sp³-hybridized carbons (Fsp3) is 0.333. The molecule has 3 aromatic rings. The normalized spacial score (nSPS) is 16.5. The van der Waals surface area contributed by atoms with Crippen molar-refractivity contribution in [1.82, 2.24) is 14.7 Å². The Hall–Kier alpha value is -2.86. The number of rotatable bonds is 7. The van der Waals surface area contributed by atoms with E-state index in [-0.39, 0.29) is 5.91 Å². The summed E-state index contributed by atoms with van der Waals surface area (Å²) in [7, 11) is 0. The summed E-state index contributed by atoms with van der Waals surface area (Å²) in [5.41, 5.74) is 2.58. The molecule has 140 valence electrons. The largest absolute Gasteiger partial charge is 0.487 e. The topological polar surface area (TPSA) is 67.7 Å². The molecule has 1 aromatic carbocycles. The van der Waals surface area contributed by atoms with Gasteiger partial charge in [-0.2, -0.15) is 0 Å². The van der Waals surface area contributed by atoms with Gasteiger partial charge in [-0.3, -0.25) is 4.79 Å². The van der Waals surface area contributed by atoms with Gasteiger partial charge in [-0.25, -0.2) is 4.98 Å². The molecule has 0 spiro atoms. The van der Waals surface area contributed by atoms with Crippen LogP contribution in [0.3, 0.4) is 0 Å². The van der Waals surface area contributed by atoms with Gasteiger partial charge in [0.05, 0.1) is 5.69 Å². The molecule has 0 bridgehead atoms. The van der Waals surface area contributed by atoms with Crippen LogP contribution in [0.1, 0.15) is 25.0 Å². The fourth-order valence-corrected chi connectivity index (χ4v) is 3.37. The zero-order valence-electron chi connectivity index (χ0n) is 15.2. The van der Waals surface area contributed by atoms with Crippen molar-refractivity contribution in [1.29, 1.82) is 0 Å². The molecule has 0 aliphatic carbocycles. The maximum Gasteiger partial charge on any atom is 0.224 e. The summed E-state index contributed by atoms with van der Waals surface area (Å²) in [6.07, 6.45) is 6.61. The van der Waals surface area contributed by atoms with Crippen molar-refractivity contribution in [3.8, 4) is 5.75 Å². The third-order valence-corrected chi connectivity index (χ3v) is 4.88. The molecule has 1 amide bonds. The maximum atomic E-state index is 12.1. The Bertz CT molecular complexity index is 865. The van der Waals surface area contributed by atoms with E-state index < -0.39 is 0 Å². The summed E-state index contributed by atoms with van der Waals surface area (Å²) in [6.45, 7) is 2.51. The molecule has 1 aliphatic heterocycles. The van der Waals surface area contributed by atoms with Gasteiger partial charge in [0.25, 0.3) is 0 Å². The number of carbonyl (C=O) groups is 1. The predicted octanol–water partition coefficient (Wildman–Crippen LogP) is 3.24. The standard InChI is InChI=1S/C21H24N4O2/c26-21(9-4-16-10-11-22-13-16)24-17-5-7-19(8-6-17)27-15-18-14-25-12-2-1-3-20(25)23-18/h1-3,5-8,12,14,16,22H,4,9-11,13,15H2,(H,24,26). The third kappa shape index (κ3) is 4.65. The Kier molecular flexibility index (Phi) is 5.34. The fourth-order valence-electron chi connectivity index (χ4n) is 3.37. The molecule has 0 saturated carbocycles. The highest BCUT2D eigenvalue weighted by Crippen LogP contribution is 2.19. The van der Waals surface area contributed by atoms with Crippen molar-refractivity contribution in [2.75, 3.05) is 18.4 Å². The molecule has 1 unspecified atom stereocenters. The average molecular weight is 364 g/mol. The number of nitrogens with one attached hydrogen (secondary N) is 2. The summed E-state index contributed by atoms with van der Waals surface area (Å²) in [4.78, 5) is 16.6. The zero-order valence-corrected chi connectivity index (χ0v) is 15.2. The van der Waals surface area contributed by atoms with Crippen LogP contribution >= 0.6 is 0 Å². The van der Waals surface area contributed by atoms with E-state index in [0.717, 1.165) is 42.3 Å². The van der Waals surface area contributed by atoms with Crippen LogP contribution in [0, 0.1) is 5.92 Å². The number of aromatic nitrogens is 2. The monoisotopic (exact) mass is 364 g/mol. The van der Waals surface area contributed by atoms with Gasteiger partial charge in [-0.15, -0.1) is 0 Å². The molecule has 6 heteroatoms. The SMILES string of the molecule is O=C(CCC1CCNC1)Nc1ccc(OCc2cn3ccccc3n2)cc1. The number of benzene rings is 1. The van der Waals surface area contributed by atoms with Crippen LogP contribution in [0.25, 0.3) is 5.65 Å². The molecule has 1 atom stereocenters. The first-order chi connectivity index (χ1) is 13.3. The van der Waals surface area contributed by atoms with Gasteiger partial charge in [0.15, 0.2) is 0 Å². The van der Waals surface area contributed by atoms with Crippen molar-refractivity contribution < 1.29 is 9.53 Å². The second-order valence-electron chi connectivity index (χ2n) is 6.96. The molecule has 6 nitrogen and oxygen atoms in total. The van der Waals surface area contributed by atoms with Crippen molar-refractivity contribution in [2.45, 2.75) is 25.9 Å². The van der Waals surface area contributed by atoms with Crippen LogP contribution < -0.4 is 15.4 Å². The first-order valence-corrected chi connectivity index (χ1v) is 9.42. The molecular formula is C21H24N4O2. The zero-order chi connectivity index (χ0) is 18.5. The number of fused-ring (bicyclic) bond motifs is 1. The second kappa shape index (κ2) is 8.22. The molecule has 27 heavy (non-hydrogen) atoms. The quantitative estimate of drug-likeness (QED) is 0.675. The Balaban J connectivity index is 1.26. The lowest BCUT2D eigenvalue weighted by atomic mass is 10.0. The second-order valence-corrected chi connectivity index (χ2v) is 6.96.